The van der Waals surface area contributed by atoms with Crippen LogP contribution >= 0.6 is 0 Å². The summed E-state index contributed by atoms with van der Waals surface area (Å²) >= 11 is 0. The number of hydrogen-bond acceptors (Lipinski definition) is 3. The molecule has 0 bridgehead atoms. The highest BCUT2D eigenvalue weighted by Gasteiger charge is 2.27. The molecule has 66 valence electrons. The van der Waals surface area contributed by atoms with Gasteiger partial charge in [-0.25, -0.2) is 0 Å². The number of aromatic nitrogens is 1. The molecule has 1 rings (SSSR count). The molecular formula is C6H6F3N3. The van der Waals surface area contributed by atoms with Crippen LogP contribution in [0.1, 0.15) is 0 Å². The largest absolute Gasteiger partial charge is 0.482 e. The Morgan fingerprint density at radius 3 is 2.58 bits per heavy atom. The molecule has 0 unspecified atom stereocenters. The van der Waals surface area contributed by atoms with E-state index in [2.05, 4.69) is 4.98 Å². The van der Waals surface area contributed by atoms with Crippen molar-refractivity contribution in [3.8, 4) is 0 Å². The van der Waals surface area contributed by atoms with E-state index in [0.717, 1.165) is 6.20 Å². The molecule has 0 fully saturated rings. The summed E-state index contributed by atoms with van der Waals surface area (Å²) in [7, 11) is 0. The number of nitrogens with zero attached hydrogens (tertiary/aromatic N) is 1. The van der Waals surface area contributed by atoms with Crippen molar-refractivity contribution in [2.45, 2.75) is 6.30 Å². The summed E-state index contributed by atoms with van der Waals surface area (Å²) in [5, 5.41) is 1.26. The van der Waals surface area contributed by atoms with Gasteiger partial charge < -0.3 is 5.73 Å². The van der Waals surface area contributed by atoms with E-state index in [4.69, 9.17) is 5.73 Å². The minimum absolute atomic E-state index is 0.0160. The van der Waals surface area contributed by atoms with Crippen LogP contribution in [0.3, 0.4) is 0 Å². The number of nitrogens with two attached hydrogens (primary N) is 1. The first kappa shape index (κ1) is 8.63. The second kappa shape index (κ2) is 2.88. The minimum atomic E-state index is -4.48. The van der Waals surface area contributed by atoms with Crippen LogP contribution in [0.4, 0.5) is 24.5 Å². The van der Waals surface area contributed by atoms with Gasteiger partial charge in [-0.15, -0.1) is 0 Å². The molecule has 0 spiro atoms. The number of hydrogen-bond donors (Lipinski definition) is 2. The molecule has 0 radical (unpaired) electrons. The van der Waals surface area contributed by atoms with E-state index in [1.165, 1.54) is 17.6 Å². The third kappa shape index (κ3) is 2.30. The van der Waals surface area contributed by atoms with Gasteiger partial charge in [-0.2, -0.15) is 13.2 Å². The zero-order valence-electron chi connectivity index (χ0n) is 5.89. The molecule has 3 N–H and O–H groups in total. The molecule has 0 aliphatic carbocycles. The quantitative estimate of drug-likeness (QED) is 0.640. The minimum Gasteiger partial charge on any atom is -0.397 e. The predicted molar refractivity (Wildman–Crippen MR) is 38.3 cm³/mol. The standard InChI is InChI=1S/C6H6F3N3/c7-6(8,9)12-5-3-11-2-1-4(5)10/h1-3,12H,(H2,10,11). The van der Waals surface area contributed by atoms with Gasteiger partial charge in [0.2, 0.25) is 0 Å². The Balaban J connectivity index is 2.83. The number of rotatable bonds is 1. The lowest BCUT2D eigenvalue weighted by Gasteiger charge is -2.10. The lowest BCUT2D eigenvalue weighted by Crippen LogP contribution is -2.21. The number of pyridine rings is 1. The molecule has 1 aromatic rings. The van der Waals surface area contributed by atoms with E-state index in [1.54, 1.807) is 0 Å². The summed E-state index contributed by atoms with van der Waals surface area (Å²) in [6.07, 6.45) is -2.14. The van der Waals surface area contributed by atoms with Crippen molar-refractivity contribution < 1.29 is 13.2 Å². The van der Waals surface area contributed by atoms with Crippen LogP contribution in [0.5, 0.6) is 0 Å². The van der Waals surface area contributed by atoms with Crippen LogP contribution < -0.4 is 11.1 Å². The summed E-state index contributed by atoms with van der Waals surface area (Å²) in [4.78, 5) is 3.49. The van der Waals surface area contributed by atoms with Gasteiger partial charge in [0.1, 0.15) is 0 Å². The molecular weight excluding hydrogens is 171 g/mol. The van der Waals surface area contributed by atoms with Crippen molar-refractivity contribution in [2.24, 2.45) is 0 Å². The van der Waals surface area contributed by atoms with Gasteiger partial charge in [0, 0.05) is 6.20 Å². The van der Waals surface area contributed by atoms with E-state index >= 15 is 0 Å². The normalized spacial score (nSPS) is 11.2. The highest BCUT2D eigenvalue weighted by molar-refractivity contribution is 5.64. The van der Waals surface area contributed by atoms with Gasteiger partial charge >= 0.3 is 6.30 Å². The summed E-state index contributed by atoms with van der Waals surface area (Å²) in [6, 6.07) is 1.29. The molecule has 6 heteroatoms. The van der Waals surface area contributed by atoms with Crippen LogP contribution in [0.2, 0.25) is 0 Å². The third-order valence-electron chi connectivity index (χ3n) is 1.13. The van der Waals surface area contributed by atoms with E-state index in [9.17, 15) is 13.2 Å². The van der Waals surface area contributed by atoms with Crippen molar-refractivity contribution in [2.75, 3.05) is 11.1 Å². The van der Waals surface area contributed by atoms with Crippen molar-refractivity contribution in [1.29, 1.82) is 0 Å². The van der Waals surface area contributed by atoms with E-state index in [0.29, 0.717) is 0 Å². The summed E-state index contributed by atoms with van der Waals surface area (Å²) in [5.74, 6) is 0. The Bertz CT molecular complexity index is 271. The maximum absolute atomic E-state index is 11.7. The Morgan fingerprint density at radius 2 is 2.08 bits per heavy atom. The molecule has 1 heterocycles. The Hall–Kier alpha value is -1.46. The second-order valence-corrected chi connectivity index (χ2v) is 2.09. The van der Waals surface area contributed by atoms with Gasteiger partial charge in [-0.1, -0.05) is 0 Å². The molecule has 3 nitrogen and oxygen atoms in total. The topological polar surface area (TPSA) is 50.9 Å². The molecule has 1 aromatic heterocycles. The van der Waals surface area contributed by atoms with E-state index in [1.807, 2.05) is 0 Å². The Kier molecular flexibility index (Phi) is 2.07. The lowest BCUT2D eigenvalue weighted by atomic mass is 10.3. The smallest absolute Gasteiger partial charge is 0.397 e. The molecule has 0 amide bonds. The maximum Gasteiger partial charge on any atom is 0.482 e. The molecule has 0 aliphatic rings. The van der Waals surface area contributed by atoms with Crippen molar-refractivity contribution >= 4 is 11.4 Å². The number of halogens is 3. The fraction of sp³-hybridized carbons (Fsp3) is 0.167. The first-order chi connectivity index (χ1) is 5.49. The predicted octanol–water partition coefficient (Wildman–Crippen LogP) is 1.60. The average molecular weight is 177 g/mol. The zero-order chi connectivity index (χ0) is 9.19. The molecule has 0 atom stereocenters. The maximum atomic E-state index is 11.7. The van der Waals surface area contributed by atoms with E-state index in [-0.39, 0.29) is 11.4 Å². The van der Waals surface area contributed by atoms with Crippen LogP contribution in [0.15, 0.2) is 18.5 Å². The monoisotopic (exact) mass is 177 g/mol. The van der Waals surface area contributed by atoms with E-state index < -0.39 is 6.30 Å². The van der Waals surface area contributed by atoms with Gasteiger partial charge in [-0.3, -0.25) is 10.3 Å². The van der Waals surface area contributed by atoms with Crippen molar-refractivity contribution in [3.05, 3.63) is 18.5 Å². The van der Waals surface area contributed by atoms with Crippen LogP contribution in [0, 0.1) is 0 Å². The number of alkyl halides is 3. The molecule has 0 aliphatic heterocycles. The van der Waals surface area contributed by atoms with Crippen molar-refractivity contribution in [1.82, 2.24) is 4.98 Å². The second-order valence-electron chi connectivity index (χ2n) is 2.09. The SMILES string of the molecule is Nc1ccncc1NC(F)(F)F. The zero-order valence-corrected chi connectivity index (χ0v) is 5.89. The van der Waals surface area contributed by atoms with Crippen molar-refractivity contribution in [3.63, 3.8) is 0 Å². The highest BCUT2D eigenvalue weighted by atomic mass is 19.4. The fourth-order valence-corrected chi connectivity index (χ4v) is 0.662. The number of anilines is 2. The molecule has 12 heavy (non-hydrogen) atoms. The lowest BCUT2D eigenvalue weighted by molar-refractivity contribution is -0.0999. The van der Waals surface area contributed by atoms with Crippen LogP contribution in [-0.2, 0) is 0 Å². The first-order valence-corrected chi connectivity index (χ1v) is 3.03. The fourth-order valence-electron chi connectivity index (χ4n) is 0.662. The van der Waals surface area contributed by atoms with Gasteiger partial charge in [-0.05, 0) is 6.07 Å². The molecule has 0 saturated heterocycles. The van der Waals surface area contributed by atoms with Gasteiger partial charge in [0.05, 0.1) is 17.6 Å². The number of nitrogens with one attached hydrogen (secondary N) is 1. The molecule has 0 aromatic carbocycles. The van der Waals surface area contributed by atoms with Gasteiger partial charge in [0.15, 0.2) is 0 Å². The Labute approximate surface area is 66.4 Å². The average Bonchev–Trinajstić information content (AvgIpc) is 1.91. The van der Waals surface area contributed by atoms with Gasteiger partial charge in [0.25, 0.3) is 0 Å². The number of nitrogen functional groups attached to an aromatic ring is 1. The first-order valence-electron chi connectivity index (χ1n) is 3.03. The molecule has 0 saturated carbocycles. The summed E-state index contributed by atoms with van der Waals surface area (Å²) < 4.78 is 35.2. The van der Waals surface area contributed by atoms with Crippen LogP contribution in [-0.4, -0.2) is 11.3 Å². The highest BCUT2D eigenvalue weighted by Crippen LogP contribution is 2.23. The summed E-state index contributed by atoms with van der Waals surface area (Å²) in [5.41, 5.74) is 5.01. The third-order valence-corrected chi connectivity index (χ3v) is 1.13. The van der Waals surface area contributed by atoms with Crippen LogP contribution in [0.25, 0.3) is 0 Å². The summed E-state index contributed by atoms with van der Waals surface area (Å²) in [6.45, 7) is 0. The Morgan fingerprint density at radius 1 is 1.42 bits per heavy atom.